The van der Waals surface area contributed by atoms with E-state index < -0.39 is 9.52 Å². The molecule has 1 unspecified atom stereocenters. The van der Waals surface area contributed by atoms with Gasteiger partial charge in [-0.25, -0.2) is 4.79 Å². The zero-order valence-electron chi connectivity index (χ0n) is 20.7. The Hall–Kier alpha value is -3.61. The number of urea groups is 1. The predicted molar refractivity (Wildman–Crippen MR) is 147 cm³/mol. The van der Waals surface area contributed by atoms with Gasteiger partial charge in [0.25, 0.3) is 0 Å². The molecule has 0 saturated carbocycles. The Bertz CT molecular complexity index is 1240. The van der Waals surface area contributed by atoms with Crippen LogP contribution in [0.3, 0.4) is 0 Å². The molecule has 0 spiro atoms. The smallest absolute Gasteiger partial charge is 0.326 e. The molecule has 1 aliphatic rings. The Balaban J connectivity index is 1.61. The van der Waals surface area contributed by atoms with E-state index in [1.165, 1.54) is 6.07 Å². The van der Waals surface area contributed by atoms with Crippen LogP contribution in [0.1, 0.15) is 37.8 Å². The molecule has 8 nitrogen and oxygen atoms in total. The van der Waals surface area contributed by atoms with Crippen molar-refractivity contribution in [3.05, 3.63) is 59.1 Å². The third-order valence-electron chi connectivity index (χ3n) is 5.87. The summed E-state index contributed by atoms with van der Waals surface area (Å²) in [5, 5.41) is 14.9. The van der Waals surface area contributed by atoms with Gasteiger partial charge in [-0.1, -0.05) is 31.7 Å². The first kappa shape index (κ1) is 27.0. The predicted octanol–water partition coefficient (Wildman–Crippen LogP) is 4.61. The molecule has 0 aromatic heterocycles. The van der Waals surface area contributed by atoms with E-state index in [0.717, 1.165) is 17.4 Å². The zero-order valence-corrected chi connectivity index (χ0v) is 22.9. The van der Waals surface area contributed by atoms with Gasteiger partial charge in [-0.05, 0) is 49.2 Å². The number of nitriles is 1. The molecule has 3 rings (SSSR count). The molecule has 2 N–H and O–H groups in total. The first-order chi connectivity index (χ1) is 17.2. The third-order valence-corrected chi connectivity index (χ3v) is 7.08. The number of nitrogens with zero attached hydrogens (tertiary/aromatic N) is 3. The fourth-order valence-corrected chi connectivity index (χ4v) is 5.27. The molecule has 4 amide bonds. The first-order valence-electron chi connectivity index (χ1n) is 11.9. The van der Waals surface area contributed by atoms with Crippen molar-refractivity contribution in [1.82, 2.24) is 4.90 Å². The Morgan fingerprint density at radius 3 is 2.28 bits per heavy atom. The Morgan fingerprint density at radius 2 is 1.72 bits per heavy atom. The number of hydrogen-bond acceptors (Lipinski definition) is 4. The highest BCUT2D eigenvalue weighted by molar-refractivity contribution is 6.36. The summed E-state index contributed by atoms with van der Waals surface area (Å²) in [4.78, 5) is 41.4. The fraction of sp³-hybridized carbons (Fsp3) is 0.308. The van der Waals surface area contributed by atoms with E-state index in [0.29, 0.717) is 29.2 Å². The largest absolute Gasteiger partial charge is 0.328 e. The highest BCUT2D eigenvalue weighted by atomic mass is 35.5. The van der Waals surface area contributed by atoms with Crippen molar-refractivity contribution in [3.63, 3.8) is 0 Å². The second-order valence-corrected chi connectivity index (χ2v) is 10.6. The minimum absolute atomic E-state index is 0.0588. The van der Waals surface area contributed by atoms with Crippen LogP contribution < -0.4 is 15.5 Å². The number of rotatable bonds is 9. The van der Waals surface area contributed by atoms with Crippen LogP contribution in [0.25, 0.3) is 5.70 Å². The van der Waals surface area contributed by atoms with Crippen molar-refractivity contribution in [3.8, 4) is 6.07 Å². The van der Waals surface area contributed by atoms with Crippen LogP contribution in [0.2, 0.25) is 11.6 Å². The molecule has 0 fully saturated rings. The van der Waals surface area contributed by atoms with Crippen molar-refractivity contribution < 1.29 is 14.4 Å². The maximum atomic E-state index is 12.8. The summed E-state index contributed by atoms with van der Waals surface area (Å²) in [7, 11) is -0.397. The van der Waals surface area contributed by atoms with Crippen LogP contribution in [0.15, 0.2) is 43.0 Å². The molecule has 0 bridgehead atoms. The number of benzene rings is 2. The molecule has 2 aromatic rings. The number of halogens is 1. The van der Waals surface area contributed by atoms with Crippen LogP contribution in [0.4, 0.5) is 21.9 Å². The summed E-state index contributed by atoms with van der Waals surface area (Å²) in [6.45, 7) is 10.5. The molecule has 36 heavy (non-hydrogen) atoms. The number of hydrogen-bond donors (Lipinski definition) is 2. The SMILES string of the molecule is C=C1c2cc(NC(=O)CC(C)CC(=O)Nc3ccc(C#N)c(Cl)c3)ccc2N(C[SiH2]C)C(=O)N1CC. The van der Waals surface area contributed by atoms with Crippen molar-refractivity contribution in [2.45, 2.75) is 33.2 Å². The van der Waals surface area contributed by atoms with E-state index in [9.17, 15) is 14.4 Å². The monoisotopic (exact) mass is 523 g/mol. The zero-order chi connectivity index (χ0) is 26.4. The summed E-state index contributed by atoms with van der Waals surface area (Å²) in [6, 6.07) is 12.1. The molecule has 188 valence electrons. The highest BCUT2D eigenvalue weighted by Crippen LogP contribution is 2.36. The summed E-state index contributed by atoms with van der Waals surface area (Å²) in [5.74, 6) is -0.658. The van der Waals surface area contributed by atoms with Gasteiger partial charge in [-0.2, -0.15) is 5.26 Å². The van der Waals surface area contributed by atoms with Gasteiger partial charge in [0.1, 0.15) is 6.07 Å². The first-order valence-corrected chi connectivity index (χ1v) is 14.7. The van der Waals surface area contributed by atoms with Crippen LogP contribution in [0, 0.1) is 17.2 Å². The lowest BCUT2D eigenvalue weighted by molar-refractivity contribution is -0.118. The van der Waals surface area contributed by atoms with Gasteiger partial charge in [-0.15, -0.1) is 0 Å². The number of carbonyl (C=O) groups excluding carboxylic acids is 3. The van der Waals surface area contributed by atoms with Crippen LogP contribution in [-0.2, 0) is 9.59 Å². The molecular formula is C26H30ClN5O3Si. The summed E-state index contributed by atoms with van der Waals surface area (Å²) >= 11 is 6.01. The topological polar surface area (TPSA) is 106 Å². The van der Waals surface area contributed by atoms with E-state index in [-0.39, 0.29) is 41.6 Å². The highest BCUT2D eigenvalue weighted by Gasteiger charge is 2.32. The number of nitrogens with one attached hydrogen (secondary N) is 2. The molecule has 0 saturated heterocycles. The molecular weight excluding hydrogens is 494 g/mol. The van der Waals surface area contributed by atoms with Crippen molar-refractivity contribution in [2.24, 2.45) is 5.92 Å². The van der Waals surface area contributed by atoms with Crippen molar-refractivity contribution in [2.75, 3.05) is 28.2 Å². The average Bonchev–Trinajstić information content (AvgIpc) is 2.82. The number of anilines is 3. The molecule has 0 radical (unpaired) electrons. The Labute approximate surface area is 218 Å². The van der Waals surface area contributed by atoms with Crippen molar-refractivity contribution in [1.29, 1.82) is 5.26 Å². The maximum Gasteiger partial charge on any atom is 0.328 e. The molecule has 1 heterocycles. The van der Waals surface area contributed by atoms with Gasteiger partial charge in [-0.3, -0.25) is 19.4 Å². The molecule has 1 aliphatic heterocycles. The number of carbonyl (C=O) groups is 3. The van der Waals surface area contributed by atoms with Gasteiger partial charge >= 0.3 is 6.03 Å². The molecule has 2 aromatic carbocycles. The molecule has 0 aliphatic carbocycles. The number of amides is 4. The quantitative estimate of drug-likeness (QED) is 0.468. The summed E-state index contributed by atoms with van der Waals surface area (Å²) in [5.41, 5.74) is 3.70. The maximum absolute atomic E-state index is 12.8. The lowest BCUT2D eigenvalue weighted by Crippen LogP contribution is -2.47. The van der Waals surface area contributed by atoms with Gasteiger partial charge in [0, 0.05) is 57.7 Å². The third kappa shape index (κ3) is 6.14. The Kier molecular flexibility index (Phi) is 8.91. The van der Waals surface area contributed by atoms with E-state index in [1.807, 2.05) is 32.0 Å². The van der Waals surface area contributed by atoms with Crippen molar-refractivity contribution >= 4 is 61.7 Å². The molecule has 10 heteroatoms. The summed E-state index contributed by atoms with van der Waals surface area (Å²) in [6.07, 6.45) is 1.04. The van der Waals surface area contributed by atoms with Crippen LogP contribution >= 0.6 is 11.6 Å². The Morgan fingerprint density at radius 1 is 1.11 bits per heavy atom. The summed E-state index contributed by atoms with van der Waals surface area (Å²) < 4.78 is 0. The van der Waals surface area contributed by atoms with Gasteiger partial charge in [0.05, 0.1) is 16.3 Å². The van der Waals surface area contributed by atoms with E-state index in [1.54, 1.807) is 28.0 Å². The van der Waals surface area contributed by atoms with Gasteiger partial charge in [0.2, 0.25) is 11.8 Å². The van der Waals surface area contributed by atoms with E-state index in [2.05, 4.69) is 23.8 Å². The van der Waals surface area contributed by atoms with Gasteiger partial charge in [0.15, 0.2) is 0 Å². The molecule has 1 atom stereocenters. The standard InChI is InChI=1S/C26H30ClN5O3Si/c1-5-31-17(3)21-12-19(8-9-23(21)32(15-36-4)26(31)35)29-24(33)10-16(2)11-25(34)30-20-7-6-18(14-28)22(27)13-20/h6-9,12-13,16H,3,5,10-11,15,36H2,1-2,4H3,(H,29,33)(H,30,34). The second-order valence-electron chi connectivity index (χ2n) is 8.77. The minimum Gasteiger partial charge on any atom is -0.326 e. The second kappa shape index (κ2) is 11.9. The van der Waals surface area contributed by atoms with Crippen LogP contribution in [-0.4, -0.2) is 45.0 Å². The lowest BCUT2D eigenvalue weighted by atomic mass is 10.0. The normalized spacial score (nSPS) is 14.0. The van der Waals surface area contributed by atoms with E-state index >= 15 is 0 Å². The minimum atomic E-state index is -0.397. The average molecular weight is 524 g/mol. The van der Waals surface area contributed by atoms with Crippen LogP contribution in [0.5, 0.6) is 0 Å². The lowest BCUT2D eigenvalue weighted by Gasteiger charge is -2.38. The number of fused-ring (bicyclic) bond motifs is 1. The van der Waals surface area contributed by atoms with Gasteiger partial charge < -0.3 is 10.6 Å². The fourth-order valence-electron chi connectivity index (χ4n) is 4.17. The van der Waals surface area contributed by atoms with E-state index in [4.69, 9.17) is 16.9 Å².